The molecule has 3 atom stereocenters. The van der Waals surface area contributed by atoms with Crippen LogP contribution in [-0.2, 0) is 24.1 Å². The van der Waals surface area contributed by atoms with E-state index < -0.39 is 0 Å². The number of rotatable bonds is 10. The first-order chi connectivity index (χ1) is 19.1. The van der Waals surface area contributed by atoms with Crippen LogP contribution in [0.4, 0.5) is 0 Å². The Labute approximate surface area is 234 Å². The Balaban J connectivity index is 1.22. The van der Waals surface area contributed by atoms with Gasteiger partial charge < -0.3 is 14.6 Å². The van der Waals surface area contributed by atoms with Gasteiger partial charge in [-0.25, -0.2) is 4.98 Å². The Bertz CT molecular complexity index is 1120. The standard InChI is InChI=1S/C33H45N3O3/c1-3-36(24-25-8-15-33(34-23-25)39-19-18-35-16-6-4-5-7-17-35)32-22-30(38-2)13-14-31(32)28-10-9-27-21-29(37)12-11-26(27)20-28/h8,11-15,21-23,28,31-32,37H,3-7,9-10,16-20,24H2,1-2H3/t28-,31?,32?/m1/s1. The number of allylic oxidation sites excluding steroid dienone is 1. The molecule has 2 unspecified atom stereocenters. The first-order valence-corrected chi connectivity index (χ1v) is 14.9. The van der Waals surface area contributed by atoms with E-state index in [-0.39, 0.29) is 6.04 Å². The monoisotopic (exact) mass is 531 g/mol. The Kier molecular flexibility index (Phi) is 9.59. The number of ether oxygens (including phenoxy) is 2. The largest absolute Gasteiger partial charge is 0.508 e. The molecule has 1 N–H and O–H groups in total. The number of fused-ring (bicyclic) bond motifs is 1. The number of likely N-dealkylation sites (N-methyl/N-ethyl adjacent to an activating group) is 1. The van der Waals surface area contributed by atoms with Crippen LogP contribution in [0.25, 0.3) is 0 Å². The lowest BCUT2D eigenvalue weighted by Gasteiger charge is -2.41. The van der Waals surface area contributed by atoms with Crippen LogP contribution in [0.15, 0.2) is 60.5 Å². The highest BCUT2D eigenvalue weighted by Gasteiger charge is 2.34. The van der Waals surface area contributed by atoms with Gasteiger partial charge in [0.25, 0.3) is 0 Å². The van der Waals surface area contributed by atoms with Crippen LogP contribution in [0.3, 0.4) is 0 Å². The topological polar surface area (TPSA) is 58.1 Å². The highest BCUT2D eigenvalue weighted by atomic mass is 16.5. The number of likely N-dealkylation sites (tertiary alicyclic amines) is 1. The summed E-state index contributed by atoms with van der Waals surface area (Å²) in [5.41, 5.74) is 3.86. The smallest absolute Gasteiger partial charge is 0.213 e. The molecule has 3 aliphatic rings. The highest BCUT2D eigenvalue weighted by molar-refractivity contribution is 5.37. The van der Waals surface area contributed by atoms with Crippen molar-refractivity contribution in [3.05, 3.63) is 77.2 Å². The number of phenols is 1. The molecular formula is C33H45N3O3. The van der Waals surface area contributed by atoms with Gasteiger partial charge in [0.15, 0.2) is 0 Å². The van der Waals surface area contributed by atoms with E-state index in [0.29, 0.717) is 30.1 Å². The third kappa shape index (κ3) is 7.23. The number of pyridine rings is 1. The van der Waals surface area contributed by atoms with Crippen molar-refractivity contribution in [3.63, 3.8) is 0 Å². The summed E-state index contributed by atoms with van der Waals surface area (Å²) in [6.45, 7) is 8.06. The maximum Gasteiger partial charge on any atom is 0.213 e. The molecule has 0 amide bonds. The van der Waals surface area contributed by atoms with E-state index in [2.05, 4.69) is 52.1 Å². The molecule has 6 heteroatoms. The van der Waals surface area contributed by atoms with Crippen molar-refractivity contribution in [1.29, 1.82) is 0 Å². The average Bonchev–Trinajstić information content (AvgIpc) is 3.25. The number of aromatic nitrogens is 1. The molecule has 2 aliphatic carbocycles. The maximum absolute atomic E-state index is 9.91. The summed E-state index contributed by atoms with van der Waals surface area (Å²) in [5, 5.41) is 9.91. The van der Waals surface area contributed by atoms with Gasteiger partial charge in [-0.15, -0.1) is 0 Å². The molecule has 1 fully saturated rings. The third-order valence-corrected chi connectivity index (χ3v) is 8.82. The van der Waals surface area contributed by atoms with Gasteiger partial charge in [-0.05, 0) is 105 Å². The highest BCUT2D eigenvalue weighted by Crippen LogP contribution is 2.38. The minimum Gasteiger partial charge on any atom is -0.508 e. The molecule has 0 bridgehead atoms. The van der Waals surface area contributed by atoms with Crippen molar-refractivity contribution in [2.24, 2.45) is 11.8 Å². The van der Waals surface area contributed by atoms with Gasteiger partial charge in [0, 0.05) is 31.4 Å². The first-order valence-electron chi connectivity index (χ1n) is 14.9. The average molecular weight is 532 g/mol. The Morgan fingerprint density at radius 1 is 1.08 bits per heavy atom. The van der Waals surface area contributed by atoms with Crippen LogP contribution in [-0.4, -0.2) is 65.8 Å². The van der Waals surface area contributed by atoms with Gasteiger partial charge in [0.05, 0.1) is 7.11 Å². The predicted molar refractivity (Wildman–Crippen MR) is 156 cm³/mol. The number of nitrogens with zero attached hydrogens (tertiary/aromatic N) is 3. The number of phenolic OH excluding ortho intramolecular Hbond substituents is 1. The van der Waals surface area contributed by atoms with Crippen molar-refractivity contribution in [2.75, 3.05) is 39.9 Å². The van der Waals surface area contributed by atoms with Gasteiger partial charge in [-0.1, -0.05) is 38.0 Å². The van der Waals surface area contributed by atoms with Crippen LogP contribution in [0.5, 0.6) is 11.6 Å². The predicted octanol–water partition coefficient (Wildman–Crippen LogP) is 5.75. The molecule has 2 aromatic rings. The molecule has 1 aliphatic heterocycles. The lowest BCUT2D eigenvalue weighted by molar-refractivity contribution is 0.147. The lowest BCUT2D eigenvalue weighted by Crippen LogP contribution is -2.43. The number of hydrogen-bond donors (Lipinski definition) is 1. The number of aryl methyl sites for hydroxylation is 1. The summed E-state index contributed by atoms with van der Waals surface area (Å²) in [6.07, 6.45) is 17.3. The minimum atomic E-state index is 0.253. The maximum atomic E-state index is 9.91. The fourth-order valence-electron chi connectivity index (χ4n) is 6.57. The molecule has 0 saturated carbocycles. The lowest BCUT2D eigenvalue weighted by atomic mass is 9.72. The molecule has 1 aromatic heterocycles. The Morgan fingerprint density at radius 2 is 1.92 bits per heavy atom. The number of hydrogen-bond acceptors (Lipinski definition) is 6. The third-order valence-electron chi connectivity index (χ3n) is 8.82. The van der Waals surface area contributed by atoms with Gasteiger partial charge in [0.1, 0.15) is 18.1 Å². The quantitative estimate of drug-likeness (QED) is 0.421. The van der Waals surface area contributed by atoms with E-state index in [4.69, 9.17) is 9.47 Å². The van der Waals surface area contributed by atoms with Crippen LogP contribution >= 0.6 is 0 Å². The molecule has 1 saturated heterocycles. The molecule has 2 heterocycles. The van der Waals surface area contributed by atoms with E-state index in [9.17, 15) is 5.11 Å². The normalized spacial score (nSPS) is 23.7. The molecule has 1 aromatic carbocycles. The summed E-state index contributed by atoms with van der Waals surface area (Å²) in [5.74, 6) is 2.96. The minimum absolute atomic E-state index is 0.253. The van der Waals surface area contributed by atoms with Crippen LogP contribution in [0.1, 0.15) is 55.7 Å². The summed E-state index contributed by atoms with van der Waals surface area (Å²) in [7, 11) is 1.75. The zero-order valence-electron chi connectivity index (χ0n) is 23.7. The molecule has 0 radical (unpaired) electrons. The zero-order chi connectivity index (χ0) is 27.0. The summed E-state index contributed by atoms with van der Waals surface area (Å²) < 4.78 is 11.7. The van der Waals surface area contributed by atoms with E-state index in [0.717, 1.165) is 44.7 Å². The summed E-state index contributed by atoms with van der Waals surface area (Å²) >= 11 is 0. The first kappa shape index (κ1) is 27.7. The van der Waals surface area contributed by atoms with Crippen molar-refractivity contribution < 1.29 is 14.6 Å². The molecule has 39 heavy (non-hydrogen) atoms. The van der Waals surface area contributed by atoms with Crippen molar-refractivity contribution in [1.82, 2.24) is 14.8 Å². The second kappa shape index (κ2) is 13.5. The van der Waals surface area contributed by atoms with Gasteiger partial charge in [-0.2, -0.15) is 0 Å². The van der Waals surface area contributed by atoms with E-state index in [1.807, 2.05) is 24.4 Å². The van der Waals surface area contributed by atoms with E-state index >= 15 is 0 Å². The fraction of sp³-hybridized carbons (Fsp3) is 0.545. The van der Waals surface area contributed by atoms with E-state index in [1.54, 1.807) is 7.11 Å². The van der Waals surface area contributed by atoms with Gasteiger partial charge in [-0.3, -0.25) is 9.80 Å². The molecule has 5 rings (SSSR count). The SMILES string of the molecule is CCN(Cc1ccc(OCCN2CCCCCC2)nc1)C1C=C(OC)C=CC1[C@@H]1CCc2cc(O)ccc2C1. The summed E-state index contributed by atoms with van der Waals surface area (Å²) in [6, 6.07) is 10.3. The Hall–Kier alpha value is -2.83. The van der Waals surface area contributed by atoms with E-state index in [1.165, 1.54) is 55.5 Å². The molecule has 0 spiro atoms. The van der Waals surface area contributed by atoms with Crippen LogP contribution in [0, 0.1) is 11.8 Å². The fourth-order valence-corrected chi connectivity index (χ4v) is 6.57. The van der Waals surface area contributed by atoms with Crippen molar-refractivity contribution in [3.8, 4) is 11.6 Å². The number of benzene rings is 1. The van der Waals surface area contributed by atoms with Gasteiger partial charge in [0.2, 0.25) is 5.88 Å². The zero-order valence-corrected chi connectivity index (χ0v) is 23.7. The summed E-state index contributed by atoms with van der Waals surface area (Å²) in [4.78, 5) is 9.70. The van der Waals surface area contributed by atoms with Crippen molar-refractivity contribution >= 4 is 0 Å². The van der Waals surface area contributed by atoms with Gasteiger partial charge >= 0.3 is 0 Å². The number of aromatic hydroxyl groups is 1. The number of methoxy groups -OCH3 is 1. The van der Waals surface area contributed by atoms with Crippen LogP contribution < -0.4 is 4.74 Å². The molecule has 210 valence electrons. The molecule has 6 nitrogen and oxygen atoms in total. The second-order valence-electron chi connectivity index (χ2n) is 11.3. The second-order valence-corrected chi connectivity index (χ2v) is 11.3. The van der Waals surface area contributed by atoms with Crippen LogP contribution in [0.2, 0.25) is 0 Å². The molecular weight excluding hydrogens is 486 g/mol. The van der Waals surface area contributed by atoms with Crippen molar-refractivity contribution in [2.45, 2.75) is 64.5 Å². The Morgan fingerprint density at radius 3 is 2.67 bits per heavy atom.